The number of hydrogen-bond acceptors (Lipinski definition) is 4. The third-order valence-electron chi connectivity index (χ3n) is 3.98. The predicted molar refractivity (Wildman–Crippen MR) is 81.9 cm³/mol. The van der Waals surface area contributed by atoms with E-state index in [0.717, 1.165) is 35.7 Å². The molecule has 1 aliphatic rings. The van der Waals surface area contributed by atoms with E-state index < -0.39 is 0 Å². The summed E-state index contributed by atoms with van der Waals surface area (Å²) in [6, 6.07) is 14.1. The maximum absolute atomic E-state index is 5.93. The highest BCUT2D eigenvalue weighted by molar-refractivity contribution is 5.74. The lowest BCUT2D eigenvalue weighted by molar-refractivity contribution is 0.413. The van der Waals surface area contributed by atoms with E-state index in [-0.39, 0.29) is 5.92 Å². The van der Waals surface area contributed by atoms with Crippen molar-refractivity contribution in [1.29, 1.82) is 0 Å². The van der Waals surface area contributed by atoms with Gasteiger partial charge in [-0.25, -0.2) is 4.98 Å². The molecule has 2 heterocycles. The van der Waals surface area contributed by atoms with Gasteiger partial charge in [-0.3, -0.25) is 0 Å². The van der Waals surface area contributed by atoms with Crippen molar-refractivity contribution in [3.63, 3.8) is 0 Å². The molecule has 0 saturated carbocycles. The number of anilines is 1. The Morgan fingerprint density at radius 3 is 3.05 bits per heavy atom. The molecule has 4 nitrogen and oxygen atoms in total. The molecule has 2 aromatic carbocycles. The molecule has 0 aliphatic carbocycles. The number of para-hydroxylation sites is 1. The Bertz CT molecular complexity index is 794. The molecule has 1 aliphatic heterocycles. The molecule has 4 rings (SSSR count). The molecule has 1 aromatic heterocycles. The van der Waals surface area contributed by atoms with Crippen molar-refractivity contribution in [3.05, 3.63) is 53.9 Å². The van der Waals surface area contributed by atoms with E-state index in [2.05, 4.69) is 34.6 Å². The highest BCUT2D eigenvalue weighted by Crippen LogP contribution is 2.32. The quantitative estimate of drug-likeness (QED) is 0.779. The van der Waals surface area contributed by atoms with Gasteiger partial charge in [0.1, 0.15) is 11.3 Å². The van der Waals surface area contributed by atoms with Gasteiger partial charge in [-0.05, 0) is 30.2 Å². The Hall–Kier alpha value is -2.49. The lowest BCUT2D eigenvalue weighted by Crippen LogP contribution is -2.21. The number of nitrogens with zero attached hydrogens (tertiary/aromatic N) is 1. The lowest BCUT2D eigenvalue weighted by Gasteiger charge is -2.23. The minimum Gasteiger partial charge on any atom is -0.497 e. The standard InChI is InChI=1S/C17H16N2O2/c1-20-13-6-7-15-16(9-13)21-17(19-15)12-8-11-4-2-3-5-14(11)18-10-12/h2-7,9,12,18H,8,10H2,1H3. The number of ether oxygens (including phenoxy) is 1. The topological polar surface area (TPSA) is 47.3 Å². The molecule has 106 valence electrons. The van der Waals surface area contributed by atoms with Crippen molar-refractivity contribution in [1.82, 2.24) is 4.98 Å². The van der Waals surface area contributed by atoms with Crippen molar-refractivity contribution in [2.75, 3.05) is 19.0 Å². The first-order valence-electron chi connectivity index (χ1n) is 7.10. The summed E-state index contributed by atoms with van der Waals surface area (Å²) in [5.41, 5.74) is 4.19. The molecule has 1 atom stereocenters. The first-order valence-corrected chi connectivity index (χ1v) is 7.10. The fourth-order valence-corrected chi connectivity index (χ4v) is 2.84. The molecule has 0 fully saturated rings. The summed E-state index contributed by atoms with van der Waals surface area (Å²) in [7, 11) is 1.65. The number of methoxy groups -OCH3 is 1. The zero-order valence-electron chi connectivity index (χ0n) is 11.8. The molecule has 1 unspecified atom stereocenters. The van der Waals surface area contributed by atoms with Crippen LogP contribution in [0.3, 0.4) is 0 Å². The Morgan fingerprint density at radius 2 is 2.14 bits per heavy atom. The van der Waals surface area contributed by atoms with Gasteiger partial charge in [0.2, 0.25) is 5.89 Å². The van der Waals surface area contributed by atoms with Crippen LogP contribution in [0.2, 0.25) is 0 Å². The smallest absolute Gasteiger partial charge is 0.200 e. The van der Waals surface area contributed by atoms with Crippen molar-refractivity contribution >= 4 is 16.8 Å². The van der Waals surface area contributed by atoms with Crippen molar-refractivity contribution in [3.8, 4) is 5.75 Å². The maximum atomic E-state index is 5.93. The van der Waals surface area contributed by atoms with E-state index in [1.807, 2.05) is 18.2 Å². The van der Waals surface area contributed by atoms with Gasteiger partial charge in [0.15, 0.2) is 5.58 Å². The first-order chi connectivity index (χ1) is 10.3. The number of rotatable bonds is 2. The van der Waals surface area contributed by atoms with E-state index in [0.29, 0.717) is 0 Å². The van der Waals surface area contributed by atoms with Crippen LogP contribution in [0.5, 0.6) is 5.75 Å². The van der Waals surface area contributed by atoms with Crippen molar-refractivity contribution in [2.45, 2.75) is 12.3 Å². The van der Waals surface area contributed by atoms with E-state index in [4.69, 9.17) is 9.15 Å². The Kier molecular flexibility index (Phi) is 2.81. The molecule has 0 spiro atoms. The average molecular weight is 280 g/mol. The second-order valence-corrected chi connectivity index (χ2v) is 5.32. The maximum Gasteiger partial charge on any atom is 0.200 e. The molecule has 4 heteroatoms. The van der Waals surface area contributed by atoms with Gasteiger partial charge in [0.25, 0.3) is 0 Å². The van der Waals surface area contributed by atoms with Crippen LogP contribution in [0.25, 0.3) is 11.1 Å². The van der Waals surface area contributed by atoms with Gasteiger partial charge in [0.05, 0.1) is 13.0 Å². The van der Waals surface area contributed by atoms with Crippen LogP contribution < -0.4 is 10.1 Å². The van der Waals surface area contributed by atoms with Gasteiger partial charge < -0.3 is 14.5 Å². The number of oxazole rings is 1. The number of aromatic nitrogens is 1. The predicted octanol–water partition coefficient (Wildman–Crippen LogP) is 3.59. The molecule has 0 bridgehead atoms. The summed E-state index contributed by atoms with van der Waals surface area (Å²) < 4.78 is 11.2. The van der Waals surface area contributed by atoms with E-state index in [9.17, 15) is 0 Å². The van der Waals surface area contributed by atoms with E-state index in [1.165, 1.54) is 11.3 Å². The van der Waals surface area contributed by atoms with Crippen LogP contribution >= 0.6 is 0 Å². The summed E-state index contributed by atoms with van der Waals surface area (Å²) in [6.45, 7) is 0.848. The Balaban J connectivity index is 1.68. The molecule has 0 amide bonds. The lowest BCUT2D eigenvalue weighted by atomic mass is 9.94. The molecular weight excluding hydrogens is 264 g/mol. The van der Waals surface area contributed by atoms with Crippen LogP contribution in [-0.4, -0.2) is 18.6 Å². The minimum atomic E-state index is 0.262. The van der Waals surface area contributed by atoms with Gasteiger partial charge in [-0.15, -0.1) is 0 Å². The Morgan fingerprint density at radius 1 is 1.24 bits per heavy atom. The first kappa shape index (κ1) is 12.3. The van der Waals surface area contributed by atoms with Gasteiger partial charge in [-0.2, -0.15) is 0 Å². The SMILES string of the molecule is COc1ccc2nc(C3CNc4ccccc4C3)oc2c1. The van der Waals surface area contributed by atoms with Crippen LogP contribution in [0.15, 0.2) is 46.9 Å². The number of fused-ring (bicyclic) bond motifs is 2. The average Bonchev–Trinajstić information content (AvgIpc) is 2.97. The fourth-order valence-electron chi connectivity index (χ4n) is 2.84. The van der Waals surface area contributed by atoms with Crippen molar-refractivity contribution in [2.24, 2.45) is 0 Å². The molecule has 3 aromatic rings. The van der Waals surface area contributed by atoms with E-state index >= 15 is 0 Å². The number of benzene rings is 2. The van der Waals surface area contributed by atoms with E-state index in [1.54, 1.807) is 7.11 Å². The number of nitrogens with one attached hydrogen (secondary N) is 1. The monoisotopic (exact) mass is 280 g/mol. The molecule has 0 radical (unpaired) electrons. The van der Waals surface area contributed by atoms with Crippen LogP contribution in [0.4, 0.5) is 5.69 Å². The second kappa shape index (κ2) is 4.81. The second-order valence-electron chi connectivity index (χ2n) is 5.32. The summed E-state index contributed by atoms with van der Waals surface area (Å²) in [6.07, 6.45) is 0.952. The van der Waals surface area contributed by atoms with Gasteiger partial charge in [0, 0.05) is 18.3 Å². The third kappa shape index (κ3) is 2.13. The summed E-state index contributed by atoms with van der Waals surface area (Å²) in [4.78, 5) is 4.62. The summed E-state index contributed by atoms with van der Waals surface area (Å²) >= 11 is 0. The zero-order chi connectivity index (χ0) is 14.2. The molecule has 21 heavy (non-hydrogen) atoms. The highest BCUT2D eigenvalue weighted by Gasteiger charge is 2.24. The molecule has 1 N–H and O–H groups in total. The molecule has 0 saturated heterocycles. The zero-order valence-corrected chi connectivity index (χ0v) is 11.8. The normalized spacial score (nSPS) is 17.3. The van der Waals surface area contributed by atoms with Crippen LogP contribution in [0.1, 0.15) is 17.4 Å². The van der Waals surface area contributed by atoms with Gasteiger partial charge in [-0.1, -0.05) is 18.2 Å². The Labute approximate surface area is 122 Å². The highest BCUT2D eigenvalue weighted by atomic mass is 16.5. The fraction of sp³-hybridized carbons (Fsp3) is 0.235. The largest absolute Gasteiger partial charge is 0.497 e. The third-order valence-corrected chi connectivity index (χ3v) is 3.98. The summed E-state index contributed by atoms with van der Waals surface area (Å²) in [5, 5.41) is 3.45. The molecular formula is C17H16N2O2. The van der Waals surface area contributed by atoms with Gasteiger partial charge >= 0.3 is 0 Å². The summed E-state index contributed by atoms with van der Waals surface area (Å²) in [5.74, 6) is 1.84. The minimum absolute atomic E-state index is 0.262. The number of hydrogen-bond donors (Lipinski definition) is 1. The van der Waals surface area contributed by atoms with Crippen molar-refractivity contribution < 1.29 is 9.15 Å². The van der Waals surface area contributed by atoms with Crippen LogP contribution in [0, 0.1) is 0 Å². The van der Waals surface area contributed by atoms with Crippen LogP contribution in [-0.2, 0) is 6.42 Å².